The molecule has 2 heterocycles. The van der Waals surface area contributed by atoms with E-state index < -0.39 is 11.1 Å². The van der Waals surface area contributed by atoms with Crippen molar-refractivity contribution in [3.63, 3.8) is 0 Å². The van der Waals surface area contributed by atoms with Crippen molar-refractivity contribution in [2.45, 2.75) is 19.9 Å². The second kappa shape index (κ2) is 9.48. The number of ether oxygens (including phenoxy) is 2. The number of amides is 3. The molecule has 32 heavy (non-hydrogen) atoms. The highest BCUT2D eigenvalue weighted by molar-refractivity contribution is 8.18. The predicted octanol–water partition coefficient (Wildman–Crippen LogP) is 3.72. The lowest BCUT2D eigenvalue weighted by Gasteiger charge is -2.29. The Bertz CT molecular complexity index is 1100. The van der Waals surface area contributed by atoms with Gasteiger partial charge in [-0.1, -0.05) is 30.3 Å². The summed E-state index contributed by atoms with van der Waals surface area (Å²) in [6.45, 7) is 3.16. The van der Waals surface area contributed by atoms with Gasteiger partial charge in [-0.3, -0.25) is 19.3 Å². The van der Waals surface area contributed by atoms with Crippen LogP contribution in [0.4, 0.5) is 4.79 Å². The highest BCUT2D eigenvalue weighted by atomic mass is 32.2. The quantitative estimate of drug-likeness (QED) is 0.622. The summed E-state index contributed by atoms with van der Waals surface area (Å²) in [5, 5.41) is -0.439. The van der Waals surface area contributed by atoms with Crippen LogP contribution < -0.4 is 9.47 Å². The summed E-state index contributed by atoms with van der Waals surface area (Å²) in [5.41, 5.74) is 3.04. The molecule has 2 aliphatic rings. The fraction of sp³-hybridized carbons (Fsp3) is 0.292. The van der Waals surface area contributed by atoms with Crippen molar-refractivity contribution in [3.05, 3.63) is 64.1 Å². The summed E-state index contributed by atoms with van der Waals surface area (Å²) in [7, 11) is 1.56. The smallest absolute Gasteiger partial charge is 0.294 e. The van der Waals surface area contributed by atoms with Crippen molar-refractivity contribution in [2.75, 3.05) is 26.8 Å². The van der Waals surface area contributed by atoms with E-state index in [2.05, 4.69) is 6.07 Å². The fourth-order valence-corrected chi connectivity index (χ4v) is 4.62. The van der Waals surface area contributed by atoms with Gasteiger partial charge < -0.3 is 14.4 Å². The average Bonchev–Trinajstić information content (AvgIpc) is 3.06. The monoisotopic (exact) mass is 452 g/mol. The highest BCUT2D eigenvalue weighted by Gasteiger charge is 2.37. The van der Waals surface area contributed by atoms with Crippen LogP contribution in [0.15, 0.2) is 47.4 Å². The Labute approximate surface area is 191 Å². The number of hydrogen-bond acceptors (Lipinski definition) is 6. The lowest BCUT2D eigenvalue weighted by molar-refractivity contribution is -0.136. The van der Waals surface area contributed by atoms with E-state index >= 15 is 0 Å². The van der Waals surface area contributed by atoms with Gasteiger partial charge in [0.2, 0.25) is 5.91 Å². The first kappa shape index (κ1) is 22.0. The minimum atomic E-state index is -0.459. The number of carbonyl (C=O) groups excluding carboxylic acids is 3. The van der Waals surface area contributed by atoms with Crippen LogP contribution in [0.5, 0.6) is 11.5 Å². The molecule has 1 fully saturated rings. The molecule has 7 nitrogen and oxygen atoms in total. The molecule has 0 atom stereocenters. The molecule has 2 aliphatic heterocycles. The molecular weight excluding hydrogens is 428 g/mol. The molecule has 0 aliphatic carbocycles. The number of fused-ring (bicyclic) bond motifs is 1. The lowest BCUT2D eigenvalue weighted by atomic mass is 10.00. The van der Waals surface area contributed by atoms with Crippen LogP contribution in [0.3, 0.4) is 0 Å². The molecule has 0 unspecified atom stereocenters. The Morgan fingerprint density at radius 3 is 2.66 bits per heavy atom. The first-order valence-electron chi connectivity index (χ1n) is 10.4. The molecule has 4 rings (SSSR count). The van der Waals surface area contributed by atoms with Gasteiger partial charge in [-0.05, 0) is 60.0 Å². The van der Waals surface area contributed by atoms with Crippen LogP contribution in [-0.2, 0) is 22.6 Å². The molecule has 166 valence electrons. The third kappa shape index (κ3) is 4.50. The normalized spacial score (nSPS) is 17.0. The zero-order valence-corrected chi connectivity index (χ0v) is 18.8. The first-order chi connectivity index (χ1) is 15.5. The van der Waals surface area contributed by atoms with E-state index in [1.165, 1.54) is 5.56 Å². The standard InChI is InChI=1S/C24H24N2O5S/c1-3-31-20-12-16(8-9-19(20)30-2)13-21-23(28)26(24(29)32-21)15-22(27)25-11-10-17-6-4-5-7-18(17)14-25/h4-9,12-13H,3,10-11,14-15H2,1-2H3/b21-13+. The molecule has 2 aromatic carbocycles. The van der Waals surface area contributed by atoms with Crippen LogP contribution in [-0.4, -0.2) is 53.7 Å². The molecule has 0 N–H and O–H groups in total. The molecule has 2 aromatic rings. The second-order valence-corrected chi connectivity index (χ2v) is 8.44. The van der Waals surface area contributed by atoms with Crippen molar-refractivity contribution in [2.24, 2.45) is 0 Å². The number of rotatable bonds is 6. The number of methoxy groups -OCH3 is 1. The Kier molecular flexibility index (Phi) is 6.50. The third-order valence-corrected chi connectivity index (χ3v) is 6.34. The molecule has 0 saturated carbocycles. The van der Waals surface area contributed by atoms with Crippen molar-refractivity contribution in [1.82, 2.24) is 9.80 Å². The maximum Gasteiger partial charge on any atom is 0.294 e. The summed E-state index contributed by atoms with van der Waals surface area (Å²) in [6.07, 6.45) is 2.40. The fourth-order valence-electron chi connectivity index (χ4n) is 3.78. The van der Waals surface area contributed by atoms with Gasteiger partial charge in [0, 0.05) is 13.1 Å². The Morgan fingerprint density at radius 1 is 1.12 bits per heavy atom. The molecule has 3 amide bonds. The average molecular weight is 453 g/mol. The zero-order valence-electron chi connectivity index (χ0n) is 18.0. The van der Waals surface area contributed by atoms with Gasteiger partial charge in [0.25, 0.3) is 11.1 Å². The molecule has 0 spiro atoms. The zero-order chi connectivity index (χ0) is 22.7. The number of carbonyl (C=O) groups is 3. The SMILES string of the molecule is CCOc1cc(/C=C2/SC(=O)N(CC(=O)N3CCc4ccccc4C3)C2=O)ccc1OC. The Hall–Kier alpha value is -3.26. The van der Waals surface area contributed by atoms with E-state index in [1.54, 1.807) is 36.3 Å². The third-order valence-electron chi connectivity index (χ3n) is 5.44. The summed E-state index contributed by atoms with van der Waals surface area (Å²) in [5.74, 6) is 0.458. The van der Waals surface area contributed by atoms with Crippen molar-refractivity contribution < 1.29 is 23.9 Å². The van der Waals surface area contributed by atoms with Crippen molar-refractivity contribution >= 4 is 34.9 Å². The predicted molar refractivity (Wildman–Crippen MR) is 122 cm³/mol. The van der Waals surface area contributed by atoms with Crippen molar-refractivity contribution in [3.8, 4) is 11.5 Å². The summed E-state index contributed by atoms with van der Waals surface area (Å²) >= 11 is 0.839. The van der Waals surface area contributed by atoms with Crippen molar-refractivity contribution in [1.29, 1.82) is 0 Å². The van der Waals surface area contributed by atoms with Crippen LogP contribution in [0.2, 0.25) is 0 Å². The van der Waals surface area contributed by atoms with Gasteiger partial charge in [0.15, 0.2) is 11.5 Å². The van der Waals surface area contributed by atoms with Gasteiger partial charge in [-0.25, -0.2) is 0 Å². The largest absolute Gasteiger partial charge is 0.493 e. The van der Waals surface area contributed by atoms with E-state index in [0.717, 1.165) is 28.6 Å². The maximum atomic E-state index is 12.9. The first-order valence-corrected chi connectivity index (χ1v) is 11.2. The Morgan fingerprint density at radius 2 is 1.91 bits per heavy atom. The van der Waals surface area contributed by atoms with E-state index in [0.29, 0.717) is 36.8 Å². The molecular formula is C24H24N2O5S. The minimum Gasteiger partial charge on any atom is -0.493 e. The molecule has 0 bridgehead atoms. The number of imide groups is 1. The van der Waals surface area contributed by atoms with E-state index in [-0.39, 0.29) is 17.4 Å². The molecule has 1 saturated heterocycles. The van der Waals surface area contributed by atoms with Gasteiger partial charge >= 0.3 is 0 Å². The summed E-state index contributed by atoms with van der Waals surface area (Å²) in [4.78, 5) is 41.2. The summed E-state index contributed by atoms with van der Waals surface area (Å²) < 4.78 is 10.9. The molecule has 8 heteroatoms. The number of benzene rings is 2. The number of hydrogen-bond donors (Lipinski definition) is 0. The maximum absolute atomic E-state index is 12.9. The van der Waals surface area contributed by atoms with Gasteiger partial charge in [-0.15, -0.1) is 0 Å². The highest BCUT2D eigenvalue weighted by Crippen LogP contribution is 2.34. The van der Waals surface area contributed by atoms with Gasteiger partial charge in [0.1, 0.15) is 6.54 Å². The van der Waals surface area contributed by atoms with Crippen LogP contribution in [0.25, 0.3) is 6.08 Å². The number of thioether (sulfide) groups is 1. The van der Waals surface area contributed by atoms with E-state index in [1.807, 2.05) is 25.1 Å². The Balaban J connectivity index is 1.46. The molecule has 0 radical (unpaired) electrons. The summed E-state index contributed by atoms with van der Waals surface area (Å²) in [6, 6.07) is 13.3. The van der Waals surface area contributed by atoms with Gasteiger partial charge in [0.05, 0.1) is 18.6 Å². The van der Waals surface area contributed by atoms with Crippen LogP contribution in [0.1, 0.15) is 23.6 Å². The topological polar surface area (TPSA) is 76.2 Å². The van der Waals surface area contributed by atoms with Crippen LogP contribution >= 0.6 is 11.8 Å². The lowest BCUT2D eigenvalue weighted by Crippen LogP contribution is -2.44. The van der Waals surface area contributed by atoms with E-state index in [9.17, 15) is 14.4 Å². The number of nitrogens with zero attached hydrogens (tertiary/aromatic N) is 2. The molecule has 0 aromatic heterocycles. The van der Waals surface area contributed by atoms with Crippen LogP contribution in [0, 0.1) is 0 Å². The second-order valence-electron chi connectivity index (χ2n) is 7.45. The minimum absolute atomic E-state index is 0.230. The van der Waals surface area contributed by atoms with E-state index in [4.69, 9.17) is 9.47 Å². The van der Waals surface area contributed by atoms with Gasteiger partial charge in [-0.2, -0.15) is 0 Å².